The molecular formula is C15H13Cl2N3O4. The summed E-state index contributed by atoms with van der Waals surface area (Å²) in [6.45, 7) is -0.0808. The van der Waals surface area contributed by atoms with Crippen LogP contribution in [0.2, 0.25) is 10.0 Å². The summed E-state index contributed by atoms with van der Waals surface area (Å²) < 4.78 is 5.08. The van der Waals surface area contributed by atoms with E-state index in [1.165, 1.54) is 25.3 Å². The fraction of sp³-hybridized carbons (Fsp3) is 0.133. The molecule has 0 saturated carbocycles. The van der Waals surface area contributed by atoms with Gasteiger partial charge in [0.25, 0.3) is 5.69 Å². The van der Waals surface area contributed by atoms with Crippen LogP contribution in [0.3, 0.4) is 0 Å². The second-order valence-corrected chi connectivity index (χ2v) is 5.57. The average molecular weight is 370 g/mol. The number of nitro groups is 1. The number of nitrogens with one attached hydrogen (secondary N) is 2. The minimum Gasteiger partial charge on any atom is -0.495 e. The number of methoxy groups -OCH3 is 1. The van der Waals surface area contributed by atoms with Crippen molar-refractivity contribution < 1.29 is 14.5 Å². The quantitative estimate of drug-likeness (QED) is 0.593. The Morgan fingerprint density at radius 2 is 1.88 bits per heavy atom. The fourth-order valence-corrected chi connectivity index (χ4v) is 2.47. The maximum atomic E-state index is 12.0. The Bertz CT molecular complexity index is 763. The van der Waals surface area contributed by atoms with E-state index in [9.17, 15) is 14.9 Å². The van der Waals surface area contributed by atoms with Crippen molar-refractivity contribution >= 4 is 46.2 Å². The van der Waals surface area contributed by atoms with Gasteiger partial charge in [0, 0.05) is 27.9 Å². The van der Waals surface area contributed by atoms with Gasteiger partial charge in [-0.25, -0.2) is 0 Å². The topological polar surface area (TPSA) is 93.5 Å². The highest BCUT2D eigenvalue weighted by Gasteiger charge is 2.13. The highest BCUT2D eigenvalue weighted by Crippen LogP contribution is 2.29. The van der Waals surface area contributed by atoms with Crippen LogP contribution in [0.1, 0.15) is 0 Å². The molecule has 0 bridgehead atoms. The van der Waals surface area contributed by atoms with Crippen molar-refractivity contribution in [2.45, 2.75) is 0 Å². The van der Waals surface area contributed by atoms with Crippen molar-refractivity contribution in [3.05, 3.63) is 56.6 Å². The van der Waals surface area contributed by atoms with Crippen molar-refractivity contribution in [2.24, 2.45) is 0 Å². The van der Waals surface area contributed by atoms with Gasteiger partial charge in [-0.2, -0.15) is 0 Å². The van der Waals surface area contributed by atoms with Gasteiger partial charge in [-0.3, -0.25) is 14.9 Å². The molecule has 1 amide bonds. The summed E-state index contributed by atoms with van der Waals surface area (Å²) in [6.07, 6.45) is 0. The molecule has 24 heavy (non-hydrogen) atoms. The van der Waals surface area contributed by atoms with Gasteiger partial charge >= 0.3 is 0 Å². The third-order valence-corrected chi connectivity index (χ3v) is 3.42. The minimum absolute atomic E-state index is 0.0808. The number of benzene rings is 2. The summed E-state index contributed by atoms with van der Waals surface area (Å²) in [5, 5.41) is 17.1. The van der Waals surface area contributed by atoms with E-state index in [1.54, 1.807) is 18.2 Å². The summed E-state index contributed by atoms with van der Waals surface area (Å²) in [4.78, 5) is 22.3. The Morgan fingerprint density at radius 1 is 1.21 bits per heavy atom. The van der Waals surface area contributed by atoms with Gasteiger partial charge in [0.15, 0.2) is 0 Å². The standard InChI is InChI=1S/C15H13Cl2N3O4/c1-24-14-3-2-12(20(22)23)7-13(14)19-15(21)8-18-11-5-9(16)4-10(17)6-11/h2-7,18H,8H2,1H3,(H,19,21). The van der Waals surface area contributed by atoms with E-state index >= 15 is 0 Å². The highest BCUT2D eigenvalue weighted by molar-refractivity contribution is 6.35. The number of anilines is 2. The zero-order chi connectivity index (χ0) is 17.7. The molecule has 0 atom stereocenters. The number of rotatable bonds is 6. The lowest BCUT2D eigenvalue weighted by Gasteiger charge is -2.11. The van der Waals surface area contributed by atoms with E-state index in [2.05, 4.69) is 10.6 Å². The van der Waals surface area contributed by atoms with E-state index in [0.29, 0.717) is 21.5 Å². The molecule has 2 aromatic carbocycles. The van der Waals surface area contributed by atoms with Crippen LogP contribution in [0.15, 0.2) is 36.4 Å². The Morgan fingerprint density at radius 3 is 2.46 bits per heavy atom. The third kappa shape index (κ3) is 4.74. The lowest BCUT2D eigenvalue weighted by molar-refractivity contribution is -0.384. The first kappa shape index (κ1) is 17.8. The molecule has 0 aliphatic rings. The number of non-ortho nitro benzene ring substituents is 1. The van der Waals surface area contributed by atoms with Gasteiger partial charge in [-0.05, 0) is 24.3 Å². The van der Waals surface area contributed by atoms with E-state index in [0.717, 1.165) is 0 Å². The number of nitro benzene ring substituents is 1. The predicted molar refractivity (Wildman–Crippen MR) is 93.2 cm³/mol. The van der Waals surface area contributed by atoms with Gasteiger partial charge < -0.3 is 15.4 Å². The van der Waals surface area contributed by atoms with E-state index in [4.69, 9.17) is 27.9 Å². The minimum atomic E-state index is -0.554. The summed E-state index contributed by atoms with van der Waals surface area (Å²) in [5.41, 5.74) is 0.636. The van der Waals surface area contributed by atoms with Crippen LogP contribution in [0.4, 0.5) is 17.1 Å². The Kier molecular flexibility index (Phi) is 5.83. The number of carbonyl (C=O) groups excluding carboxylic acids is 1. The lowest BCUT2D eigenvalue weighted by atomic mass is 10.2. The second-order valence-electron chi connectivity index (χ2n) is 4.70. The molecule has 0 spiro atoms. The van der Waals surface area contributed by atoms with Gasteiger partial charge in [0.1, 0.15) is 5.75 Å². The molecule has 0 radical (unpaired) electrons. The molecule has 0 aliphatic carbocycles. The second kappa shape index (κ2) is 7.85. The van der Waals surface area contributed by atoms with Crippen LogP contribution in [0.25, 0.3) is 0 Å². The molecule has 0 aliphatic heterocycles. The summed E-state index contributed by atoms with van der Waals surface area (Å²) in [7, 11) is 1.41. The molecule has 7 nitrogen and oxygen atoms in total. The lowest BCUT2D eigenvalue weighted by Crippen LogP contribution is -2.22. The first-order chi connectivity index (χ1) is 11.4. The van der Waals surface area contributed by atoms with E-state index < -0.39 is 10.8 Å². The smallest absolute Gasteiger partial charge is 0.271 e. The van der Waals surface area contributed by atoms with Crippen LogP contribution in [-0.2, 0) is 4.79 Å². The largest absolute Gasteiger partial charge is 0.495 e. The first-order valence-corrected chi connectivity index (χ1v) is 7.47. The normalized spacial score (nSPS) is 10.1. The van der Waals surface area contributed by atoms with Gasteiger partial charge in [0.2, 0.25) is 5.91 Å². The number of nitrogens with zero attached hydrogens (tertiary/aromatic N) is 1. The summed E-state index contributed by atoms with van der Waals surface area (Å²) in [5.74, 6) is -0.0929. The fourth-order valence-electron chi connectivity index (χ4n) is 1.94. The molecule has 126 valence electrons. The van der Waals surface area contributed by atoms with Gasteiger partial charge in [0.05, 0.1) is 24.3 Å². The maximum absolute atomic E-state index is 12.0. The zero-order valence-corrected chi connectivity index (χ0v) is 14.0. The highest BCUT2D eigenvalue weighted by atomic mass is 35.5. The number of carbonyl (C=O) groups is 1. The van der Waals surface area contributed by atoms with Crippen LogP contribution in [0, 0.1) is 10.1 Å². The molecule has 2 aromatic rings. The third-order valence-electron chi connectivity index (χ3n) is 2.98. The van der Waals surface area contributed by atoms with Crippen LogP contribution >= 0.6 is 23.2 Å². The molecule has 0 aromatic heterocycles. The van der Waals surface area contributed by atoms with Crippen LogP contribution in [0.5, 0.6) is 5.75 Å². The monoisotopic (exact) mass is 369 g/mol. The molecular weight excluding hydrogens is 357 g/mol. The van der Waals surface area contributed by atoms with Crippen molar-refractivity contribution in [3.63, 3.8) is 0 Å². The van der Waals surface area contributed by atoms with Crippen molar-refractivity contribution in [1.82, 2.24) is 0 Å². The zero-order valence-electron chi connectivity index (χ0n) is 12.5. The van der Waals surface area contributed by atoms with E-state index in [1.807, 2.05) is 0 Å². The van der Waals surface area contributed by atoms with Crippen LogP contribution in [-0.4, -0.2) is 24.5 Å². The first-order valence-electron chi connectivity index (χ1n) is 6.71. The SMILES string of the molecule is COc1ccc([N+](=O)[O-])cc1NC(=O)CNc1cc(Cl)cc(Cl)c1. The molecule has 2 N–H and O–H groups in total. The average Bonchev–Trinajstić information content (AvgIpc) is 2.52. The molecule has 0 heterocycles. The van der Waals surface area contributed by atoms with Gasteiger partial charge in [-0.1, -0.05) is 23.2 Å². The predicted octanol–water partition coefficient (Wildman–Crippen LogP) is 3.96. The Hall–Kier alpha value is -2.51. The Balaban J connectivity index is 2.06. The number of halogens is 2. The number of hydrogen-bond donors (Lipinski definition) is 2. The summed E-state index contributed by atoms with van der Waals surface area (Å²) >= 11 is 11.8. The molecule has 0 fully saturated rings. The maximum Gasteiger partial charge on any atom is 0.271 e. The molecule has 0 saturated heterocycles. The number of amides is 1. The molecule has 0 unspecified atom stereocenters. The van der Waals surface area contributed by atoms with E-state index in [-0.39, 0.29) is 17.9 Å². The van der Waals surface area contributed by atoms with Gasteiger partial charge in [-0.15, -0.1) is 0 Å². The van der Waals surface area contributed by atoms with Crippen molar-refractivity contribution in [1.29, 1.82) is 0 Å². The molecule has 9 heteroatoms. The number of hydrogen-bond acceptors (Lipinski definition) is 5. The summed E-state index contributed by atoms with van der Waals surface area (Å²) in [6, 6.07) is 8.75. The van der Waals surface area contributed by atoms with Crippen molar-refractivity contribution in [2.75, 3.05) is 24.3 Å². The van der Waals surface area contributed by atoms with Crippen LogP contribution < -0.4 is 15.4 Å². The molecule has 2 rings (SSSR count). The Labute approximate surface area is 147 Å². The number of ether oxygens (including phenoxy) is 1. The van der Waals surface area contributed by atoms with Crippen molar-refractivity contribution in [3.8, 4) is 5.75 Å².